The summed E-state index contributed by atoms with van der Waals surface area (Å²) in [5, 5.41) is 3.37. The van der Waals surface area contributed by atoms with Crippen molar-refractivity contribution in [1.29, 1.82) is 0 Å². The summed E-state index contributed by atoms with van der Waals surface area (Å²) < 4.78 is 10.2. The number of unbranched alkanes of at least 4 members (excludes halogenated alkanes) is 2. The third-order valence-electron chi connectivity index (χ3n) is 2.06. The van der Waals surface area contributed by atoms with Crippen LogP contribution in [0.3, 0.4) is 0 Å². The number of methoxy groups -OCH3 is 1. The molecule has 15 heavy (non-hydrogen) atoms. The van der Waals surface area contributed by atoms with Crippen molar-refractivity contribution in [2.45, 2.75) is 19.3 Å². The Morgan fingerprint density at radius 3 is 2.60 bits per heavy atom. The van der Waals surface area contributed by atoms with E-state index in [4.69, 9.17) is 9.47 Å². The summed E-state index contributed by atoms with van der Waals surface area (Å²) in [4.78, 5) is 0. The molecule has 0 atom stereocenters. The highest BCUT2D eigenvalue weighted by atomic mass is 32.2. The van der Waals surface area contributed by atoms with Crippen molar-refractivity contribution in [2.24, 2.45) is 0 Å². The van der Waals surface area contributed by atoms with Crippen LogP contribution in [0.5, 0.6) is 0 Å². The van der Waals surface area contributed by atoms with Crippen molar-refractivity contribution < 1.29 is 9.47 Å². The zero-order valence-corrected chi connectivity index (χ0v) is 10.9. The molecule has 92 valence electrons. The van der Waals surface area contributed by atoms with Crippen LogP contribution < -0.4 is 5.32 Å². The van der Waals surface area contributed by atoms with Crippen LogP contribution in [0, 0.1) is 0 Å². The van der Waals surface area contributed by atoms with Crippen LogP contribution in [0.15, 0.2) is 0 Å². The van der Waals surface area contributed by atoms with Gasteiger partial charge in [0.2, 0.25) is 0 Å². The maximum absolute atomic E-state index is 5.33. The summed E-state index contributed by atoms with van der Waals surface area (Å²) in [6.45, 7) is 4.24. The van der Waals surface area contributed by atoms with E-state index in [0.29, 0.717) is 13.2 Å². The largest absolute Gasteiger partial charge is 0.382 e. The summed E-state index contributed by atoms with van der Waals surface area (Å²) in [6.07, 6.45) is 6.11. The lowest BCUT2D eigenvalue weighted by Gasteiger charge is -2.05. The minimum Gasteiger partial charge on any atom is -0.382 e. The van der Waals surface area contributed by atoms with Crippen LogP contribution in [-0.4, -0.2) is 52.0 Å². The molecule has 0 bridgehead atoms. The molecule has 3 nitrogen and oxygen atoms in total. The molecule has 0 aromatic rings. The first-order valence-electron chi connectivity index (χ1n) is 5.68. The summed E-state index contributed by atoms with van der Waals surface area (Å²) in [7, 11) is 1.69. The number of hydrogen-bond acceptors (Lipinski definition) is 4. The lowest BCUT2D eigenvalue weighted by molar-refractivity contribution is 0.0720. The second-order valence-corrected chi connectivity index (χ2v) is 4.39. The quantitative estimate of drug-likeness (QED) is 0.522. The van der Waals surface area contributed by atoms with Gasteiger partial charge < -0.3 is 14.8 Å². The minimum absolute atomic E-state index is 0.689. The molecule has 0 aromatic carbocycles. The molecule has 0 saturated heterocycles. The van der Waals surface area contributed by atoms with Gasteiger partial charge in [-0.1, -0.05) is 6.42 Å². The first kappa shape index (κ1) is 15.2. The Morgan fingerprint density at radius 2 is 1.87 bits per heavy atom. The molecular formula is C11H25NO2S. The average molecular weight is 235 g/mol. The Balaban J connectivity index is 2.81. The minimum atomic E-state index is 0.689. The number of rotatable bonds is 12. The van der Waals surface area contributed by atoms with Gasteiger partial charge in [-0.3, -0.25) is 0 Å². The van der Waals surface area contributed by atoms with Crippen LogP contribution in [0.1, 0.15) is 19.3 Å². The van der Waals surface area contributed by atoms with E-state index < -0.39 is 0 Å². The lowest BCUT2D eigenvalue weighted by atomic mass is 10.2. The van der Waals surface area contributed by atoms with E-state index in [9.17, 15) is 0 Å². The van der Waals surface area contributed by atoms with Gasteiger partial charge in [-0.25, -0.2) is 0 Å². The van der Waals surface area contributed by atoms with Crippen LogP contribution in [0.25, 0.3) is 0 Å². The topological polar surface area (TPSA) is 30.5 Å². The third-order valence-corrected chi connectivity index (χ3v) is 2.75. The molecule has 0 heterocycles. The molecule has 0 spiro atoms. The average Bonchev–Trinajstić information content (AvgIpc) is 2.26. The summed E-state index contributed by atoms with van der Waals surface area (Å²) >= 11 is 1.93. The van der Waals surface area contributed by atoms with Gasteiger partial charge in [0.15, 0.2) is 0 Å². The zero-order chi connectivity index (χ0) is 11.2. The van der Waals surface area contributed by atoms with Gasteiger partial charge in [-0.15, -0.1) is 0 Å². The predicted octanol–water partition coefficient (Wildman–Crippen LogP) is 1.77. The van der Waals surface area contributed by atoms with Crippen molar-refractivity contribution in [3.63, 3.8) is 0 Å². The molecule has 0 amide bonds. The zero-order valence-electron chi connectivity index (χ0n) is 10.1. The van der Waals surface area contributed by atoms with E-state index in [1.54, 1.807) is 7.11 Å². The van der Waals surface area contributed by atoms with Crippen molar-refractivity contribution >= 4 is 11.8 Å². The van der Waals surface area contributed by atoms with Crippen molar-refractivity contribution in [2.75, 3.05) is 52.0 Å². The van der Waals surface area contributed by atoms with Gasteiger partial charge >= 0.3 is 0 Å². The normalized spacial score (nSPS) is 10.8. The highest BCUT2D eigenvalue weighted by Gasteiger charge is 1.90. The van der Waals surface area contributed by atoms with Gasteiger partial charge in [-0.2, -0.15) is 11.8 Å². The Labute approximate surface area is 98.3 Å². The van der Waals surface area contributed by atoms with Crippen LogP contribution >= 0.6 is 11.8 Å². The van der Waals surface area contributed by atoms with Gasteiger partial charge in [0.05, 0.1) is 19.8 Å². The fraction of sp³-hybridized carbons (Fsp3) is 1.00. The molecule has 0 radical (unpaired) electrons. The third kappa shape index (κ3) is 14.2. The Hall–Kier alpha value is 0.230. The van der Waals surface area contributed by atoms with Crippen LogP contribution in [0.2, 0.25) is 0 Å². The molecule has 0 aliphatic carbocycles. The highest BCUT2D eigenvalue weighted by molar-refractivity contribution is 7.98. The molecule has 4 heteroatoms. The Kier molecular flexibility index (Phi) is 14.4. The van der Waals surface area contributed by atoms with Gasteiger partial charge in [0.1, 0.15) is 0 Å². The van der Waals surface area contributed by atoms with Crippen molar-refractivity contribution in [1.82, 2.24) is 5.32 Å². The van der Waals surface area contributed by atoms with Gasteiger partial charge in [0.25, 0.3) is 0 Å². The summed E-state index contributed by atoms with van der Waals surface area (Å²) in [6, 6.07) is 0. The fourth-order valence-electron chi connectivity index (χ4n) is 1.19. The second-order valence-electron chi connectivity index (χ2n) is 3.41. The van der Waals surface area contributed by atoms with E-state index in [1.807, 2.05) is 11.8 Å². The first-order valence-corrected chi connectivity index (χ1v) is 7.07. The van der Waals surface area contributed by atoms with Crippen molar-refractivity contribution in [3.05, 3.63) is 0 Å². The monoisotopic (exact) mass is 235 g/mol. The fourth-order valence-corrected chi connectivity index (χ4v) is 1.68. The molecule has 0 unspecified atom stereocenters. The summed E-state index contributed by atoms with van der Waals surface area (Å²) in [5.74, 6) is 1.29. The van der Waals surface area contributed by atoms with Gasteiger partial charge in [0, 0.05) is 13.7 Å². The maximum atomic E-state index is 5.33. The molecule has 0 saturated carbocycles. The Morgan fingerprint density at radius 1 is 1.00 bits per heavy atom. The number of ether oxygens (including phenoxy) is 2. The van der Waals surface area contributed by atoms with Crippen LogP contribution in [0.4, 0.5) is 0 Å². The van der Waals surface area contributed by atoms with E-state index in [0.717, 1.165) is 19.7 Å². The van der Waals surface area contributed by atoms with E-state index in [-0.39, 0.29) is 0 Å². The maximum Gasteiger partial charge on any atom is 0.0700 e. The van der Waals surface area contributed by atoms with Crippen LogP contribution in [-0.2, 0) is 9.47 Å². The molecule has 0 fully saturated rings. The standard InChI is InChI=1S/C11H25NO2S/c1-13-9-10-14-8-7-12-6-4-3-5-11-15-2/h12H,3-11H2,1-2H3. The Bertz CT molecular complexity index is 103. The molecule has 0 aliphatic heterocycles. The van der Waals surface area contributed by atoms with E-state index in [2.05, 4.69) is 11.6 Å². The van der Waals surface area contributed by atoms with E-state index >= 15 is 0 Å². The van der Waals surface area contributed by atoms with Gasteiger partial charge in [-0.05, 0) is 31.4 Å². The first-order chi connectivity index (χ1) is 7.41. The van der Waals surface area contributed by atoms with Crippen molar-refractivity contribution in [3.8, 4) is 0 Å². The summed E-state index contributed by atoms with van der Waals surface area (Å²) in [5.41, 5.74) is 0. The molecule has 0 aliphatic rings. The number of nitrogens with one attached hydrogen (secondary N) is 1. The molecule has 0 rings (SSSR count). The number of hydrogen-bond donors (Lipinski definition) is 1. The predicted molar refractivity (Wildman–Crippen MR) is 67.8 cm³/mol. The highest BCUT2D eigenvalue weighted by Crippen LogP contribution is 2.00. The number of thioether (sulfide) groups is 1. The van der Waals surface area contributed by atoms with E-state index in [1.165, 1.54) is 25.0 Å². The lowest BCUT2D eigenvalue weighted by Crippen LogP contribution is -2.21. The smallest absolute Gasteiger partial charge is 0.0700 e. The molecule has 0 aromatic heterocycles. The molecule has 1 N–H and O–H groups in total. The SMILES string of the molecule is COCCOCCNCCCCCSC. The second kappa shape index (κ2) is 14.2. The molecular weight excluding hydrogens is 210 g/mol.